The van der Waals surface area contributed by atoms with E-state index in [0.29, 0.717) is 17.3 Å². The van der Waals surface area contributed by atoms with Gasteiger partial charge in [0.05, 0.1) is 23.0 Å². The van der Waals surface area contributed by atoms with Crippen molar-refractivity contribution in [1.29, 1.82) is 0 Å². The highest BCUT2D eigenvalue weighted by Gasteiger charge is 2.12. The second-order valence-corrected chi connectivity index (χ2v) is 7.70. The van der Waals surface area contributed by atoms with Gasteiger partial charge in [-0.15, -0.1) is 0 Å². The number of amides is 2. The number of hydrogen-bond acceptors (Lipinski definition) is 6. The minimum absolute atomic E-state index is 0.365. The van der Waals surface area contributed by atoms with Crippen LogP contribution in [-0.2, 0) is 0 Å². The number of hydrogen-bond donors (Lipinski definition) is 2. The molecule has 150 valence electrons. The number of imidazole rings is 1. The van der Waals surface area contributed by atoms with Crippen molar-refractivity contribution in [2.75, 3.05) is 17.7 Å². The summed E-state index contributed by atoms with van der Waals surface area (Å²) in [4.78, 5) is 17.7. The highest BCUT2D eigenvalue weighted by atomic mass is 32.1. The molecule has 0 saturated heterocycles. The van der Waals surface area contributed by atoms with Crippen LogP contribution in [0.2, 0.25) is 0 Å². The van der Waals surface area contributed by atoms with Crippen molar-refractivity contribution in [3.8, 4) is 17.0 Å². The maximum Gasteiger partial charge on any atom is 0.324 e. The van der Waals surface area contributed by atoms with Crippen molar-refractivity contribution in [2.24, 2.45) is 0 Å². The number of ether oxygens (including phenoxy) is 1. The molecule has 2 N–H and O–H groups in total. The quantitative estimate of drug-likeness (QED) is 0.419. The van der Waals surface area contributed by atoms with Gasteiger partial charge in [-0.3, -0.25) is 9.72 Å². The fourth-order valence-electron chi connectivity index (χ4n) is 3.18. The Morgan fingerprint density at radius 3 is 2.70 bits per heavy atom. The minimum atomic E-state index is -0.388. The number of fused-ring (bicyclic) bond motifs is 3. The van der Waals surface area contributed by atoms with Crippen LogP contribution in [-0.4, -0.2) is 27.7 Å². The maximum absolute atomic E-state index is 12.1. The summed E-state index contributed by atoms with van der Waals surface area (Å²) in [5, 5.41) is 9.12. The fourth-order valence-corrected chi connectivity index (χ4v) is 4.21. The van der Waals surface area contributed by atoms with Gasteiger partial charge >= 0.3 is 6.03 Å². The number of rotatable bonds is 4. The number of methoxy groups -OCH3 is 1. The predicted molar refractivity (Wildman–Crippen MR) is 116 cm³/mol. The molecule has 0 atom stereocenters. The second-order valence-electron chi connectivity index (χ2n) is 6.69. The molecule has 0 fully saturated rings. The van der Waals surface area contributed by atoms with Crippen LogP contribution in [0.15, 0.2) is 59.3 Å². The lowest BCUT2D eigenvalue weighted by Gasteiger charge is -2.05. The number of carbonyl (C=O) groups excluding carboxylic acids is 1. The highest BCUT2D eigenvalue weighted by molar-refractivity contribution is 7.23. The zero-order chi connectivity index (χ0) is 20.7. The summed E-state index contributed by atoms with van der Waals surface area (Å²) in [6.45, 7) is 1.76. The van der Waals surface area contributed by atoms with Crippen molar-refractivity contribution in [3.05, 3.63) is 60.5 Å². The minimum Gasteiger partial charge on any atom is -0.497 e. The first-order chi connectivity index (χ1) is 14.6. The summed E-state index contributed by atoms with van der Waals surface area (Å²) in [5.41, 5.74) is 3.58. The summed E-state index contributed by atoms with van der Waals surface area (Å²) in [6.07, 6.45) is 2.02. The molecule has 5 aromatic rings. The third kappa shape index (κ3) is 3.35. The normalized spacial score (nSPS) is 11.1. The van der Waals surface area contributed by atoms with Crippen molar-refractivity contribution in [1.82, 2.24) is 14.5 Å². The van der Waals surface area contributed by atoms with Crippen molar-refractivity contribution < 1.29 is 14.1 Å². The van der Waals surface area contributed by atoms with E-state index in [4.69, 9.17) is 14.2 Å². The third-order valence-electron chi connectivity index (χ3n) is 4.61. The third-order valence-corrected chi connectivity index (χ3v) is 5.63. The molecule has 8 nitrogen and oxygen atoms in total. The van der Waals surface area contributed by atoms with Gasteiger partial charge in [-0.05, 0) is 37.3 Å². The molecule has 0 aliphatic rings. The average Bonchev–Trinajstić information content (AvgIpc) is 3.42. The topological polar surface area (TPSA) is 93.7 Å². The van der Waals surface area contributed by atoms with Crippen molar-refractivity contribution >= 4 is 44.1 Å². The summed E-state index contributed by atoms with van der Waals surface area (Å²) in [6, 6.07) is 14.8. The van der Waals surface area contributed by atoms with Gasteiger partial charge in [0.1, 0.15) is 11.5 Å². The highest BCUT2D eigenvalue weighted by Crippen LogP contribution is 2.32. The van der Waals surface area contributed by atoms with E-state index in [1.807, 2.05) is 48.7 Å². The number of aromatic nitrogens is 3. The SMILES string of the molecule is COc1ccc2c(c1)sc1nc(-c3ccc(NC(=O)Nc4cc(C)on4)cc3)cn12. The lowest BCUT2D eigenvalue weighted by Crippen LogP contribution is -2.19. The van der Waals surface area contributed by atoms with Crippen molar-refractivity contribution in [3.63, 3.8) is 0 Å². The number of thiazole rings is 1. The Bertz CT molecular complexity index is 1370. The first kappa shape index (κ1) is 18.2. The lowest BCUT2D eigenvalue weighted by atomic mass is 10.1. The summed E-state index contributed by atoms with van der Waals surface area (Å²) >= 11 is 1.61. The van der Waals surface area contributed by atoms with Gasteiger partial charge in [-0.1, -0.05) is 28.6 Å². The Labute approximate surface area is 175 Å². The molecule has 30 heavy (non-hydrogen) atoms. The molecule has 0 unspecified atom stereocenters. The fraction of sp³-hybridized carbons (Fsp3) is 0.0952. The number of carbonyl (C=O) groups is 1. The van der Waals surface area contributed by atoms with Gasteiger partial charge in [0.15, 0.2) is 10.8 Å². The van der Waals surface area contributed by atoms with Gasteiger partial charge in [-0.2, -0.15) is 0 Å². The molecular weight excluding hydrogens is 402 g/mol. The lowest BCUT2D eigenvalue weighted by molar-refractivity contribution is 0.262. The van der Waals surface area contributed by atoms with Gasteiger partial charge in [0.2, 0.25) is 0 Å². The van der Waals surface area contributed by atoms with Crippen LogP contribution in [0.4, 0.5) is 16.3 Å². The number of aryl methyl sites for hydroxylation is 1. The number of nitrogens with one attached hydrogen (secondary N) is 2. The van der Waals surface area contributed by atoms with Crippen LogP contribution >= 0.6 is 11.3 Å². The largest absolute Gasteiger partial charge is 0.497 e. The Balaban J connectivity index is 1.34. The van der Waals surface area contributed by atoms with Crippen LogP contribution < -0.4 is 15.4 Å². The van der Waals surface area contributed by atoms with E-state index in [9.17, 15) is 4.79 Å². The van der Waals surface area contributed by atoms with Crippen LogP contribution in [0.5, 0.6) is 5.75 Å². The number of anilines is 2. The zero-order valence-electron chi connectivity index (χ0n) is 16.2. The van der Waals surface area contributed by atoms with Crippen molar-refractivity contribution in [2.45, 2.75) is 6.92 Å². The van der Waals surface area contributed by atoms with Crippen LogP contribution in [0.3, 0.4) is 0 Å². The monoisotopic (exact) mass is 419 g/mol. The summed E-state index contributed by atoms with van der Waals surface area (Å²) < 4.78 is 13.4. The molecule has 9 heteroatoms. The first-order valence-corrected chi connectivity index (χ1v) is 9.98. The van der Waals surface area contributed by atoms with Crippen LogP contribution in [0, 0.1) is 6.92 Å². The van der Waals surface area contributed by atoms with E-state index in [1.165, 1.54) is 0 Å². The standard InChI is InChI=1S/C21H17N5O3S/c1-12-9-19(25-29-12)24-20(27)22-14-5-3-13(4-6-14)16-11-26-17-8-7-15(28-2)10-18(17)30-21(26)23-16/h3-11H,1-2H3,(H2,22,24,25,27). The molecule has 3 aromatic heterocycles. The van der Waals surface area contributed by atoms with E-state index in [0.717, 1.165) is 32.2 Å². The van der Waals surface area contributed by atoms with Crippen LogP contribution in [0.25, 0.3) is 26.4 Å². The second kappa shape index (κ2) is 7.20. The van der Waals surface area contributed by atoms with E-state index < -0.39 is 0 Å². The predicted octanol–water partition coefficient (Wildman–Crippen LogP) is 5.17. The molecular formula is C21H17N5O3S. The smallest absolute Gasteiger partial charge is 0.324 e. The molecule has 0 saturated carbocycles. The van der Waals surface area contributed by atoms with Gasteiger partial charge in [0, 0.05) is 23.5 Å². The van der Waals surface area contributed by atoms with Gasteiger partial charge in [0.25, 0.3) is 0 Å². The molecule has 5 rings (SSSR count). The Morgan fingerprint density at radius 2 is 1.97 bits per heavy atom. The van der Waals surface area contributed by atoms with E-state index in [1.54, 1.807) is 31.4 Å². The summed E-state index contributed by atoms with van der Waals surface area (Å²) in [5.74, 6) is 1.82. The molecule has 0 aliphatic heterocycles. The molecule has 0 spiro atoms. The maximum atomic E-state index is 12.1. The summed E-state index contributed by atoms with van der Waals surface area (Å²) in [7, 11) is 1.66. The van der Waals surface area contributed by atoms with Gasteiger partial charge < -0.3 is 14.6 Å². The molecule has 0 bridgehead atoms. The number of urea groups is 1. The van der Waals surface area contributed by atoms with E-state index >= 15 is 0 Å². The van der Waals surface area contributed by atoms with Crippen LogP contribution in [0.1, 0.15) is 5.76 Å². The molecule has 3 heterocycles. The molecule has 0 aliphatic carbocycles. The number of nitrogens with zero attached hydrogens (tertiary/aromatic N) is 3. The zero-order valence-corrected chi connectivity index (χ0v) is 17.0. The Morgan fingerprint density at radius 1 is 1.13 bits per heavy atom. The van der Waals surface area contributed by atoms with Gasteiger partial charge in [-0.25, -0.2) is 9.78 Å². The Kier molecular flexibility index (Phi) is 4.36. The Hall–Kier alpha value is -3.85. The van der Waals surface area contributed by atoms with E-state index in [-0.39, 0.29) is 6.03 Å². The first-order valence-electron chi connectivity index (χ1n) is 9.16. The molecule has 2 amide bonds. The molecule has 2 aromatic carbocycles. The average molecular weight is 419 g/mol. The molecule has 0 radical (unpaired) electrons. The number of benzene rings is 2. The van der Waals surface area contributed by atoms with E-state index in [2.05, 4.69) is 20.2 Å².